The monoisotopic (exact) mass is 410 g/mol. The summed E-state index contributed by atoms with van der Waals surface area (Å²) in [6.07, 6.45) is 6.95. The Morgan fingerprint density at radius 2 is 1.90 bits per heavy atom. The van der Waals surface area contributed by atoms with E-state index in [-0.39, 0.29) is 5.41 Å². The van der Waals surface area contributed by atoms with Crippen molar-refractivity contribution in [1.82, 2.24) is 4.98 Å². The second-order valence-electron chi connectivity index (χ2n) is 7.66. The van der Waals surface area contributed by atoms with E-state index in [2.05, 4.69) is 102 Å². The maximum atomic E-state index is 4.63. The van der Waals surface area contributed by atoms with Crippen LogP contribution in [0.1, 0.15) is 23.1 Å². The van der Waals surface area contributed by atoms with Crippen molar-refractivity contribution >= 4 is 33.9 Å². The number of benzene rings is 2. The molecule has 0 fully saturated rings. The molecule has 0 aliphatic heterocycles. The van der Waals surface area contributed by atoms with Crippen molar-refractivity contribution in [2.75, 3.05) is 12.4 Å². The lowest BCUT2D eigenvalue weighted by atomic mass is 9.70. The summed E-state index contributed by atoms with van der Waals surface area (Å²) in [5, 5.41) is 7.99. The average molecular weight is 411 g/mol. The van der Waals surface area contributed by atoms with Crippen LogP contribution >= 0.6 is 11.3 Å². The minimum absolute atomic E-state index is 0.332. The van der Waals surface area contributed by atoms with Crippen LogP contribution in [0.5, 0.6) is 0 Å². The summed E-state index contributed by atoms with van der Waals surface area (Å²) in [5.41, 5.74) is 4.17. The number of hydrogen-bond acceptors (Lipinski definition) is 3. The van der Waals surface area contributed by atoms with Crippen LogP contribution in [0.3, 0.4) is 0 Å². The van der Waals surface area contributed by atoms with Gasteiger partial charge >= 0.3 is 0 Å². The minimum Gasteiger partial charge on any atom is -0.388 e. The molecule has 0 bridgehead atoms. The molecule has 0 radical (unpaired) electrons. The molecule has 1 atom stereocenters. The highest BCUT2D eigenvalue weighted by atomic mass is 32.1. The number of anilines is 1. The van der Waals surface area contributed by atoms with Gasteiger partial charge in [-0.25, -0.2) is 0 Å². The first-order chi connectivity index (χ1) is 14.6. The number of nitrogens with one attached hydrogen (secondary N) is 1. The van der Waals surface area contributed by atoms with Gasteiger partial charge in [0.05, 0.1) is 0 Å². The van der Waals surface area contributed by atoms with E-state index in [9.17, 15) is 0 Å². The van der Waals surface area contributed by atoms with Crippen molar-refractivity contribution in [1.29, 1.82) is 0 Å². The molecule has 3 heteroatoms. The van der Waals surface area contributed by atoms with Crippen LogP contribution in [-0.2, 0) is 11.8 Å². The third-order valence-electron chi connectivity index (χ3n) is 5.71. The van der Waals surface area contributed by atoms with Crippen LogP contribution < -0.4 is 5.32 Å². The summed E-state index contributed by atoms with van der Waals surface area (Å²) in [6, 6.07) is 23.2. The Hall–Kier alpha value is -3.17. The molecule has 0 saturated carbocycles. The molecular weight excluding hydrogens is 384 g/mol. The molecule has 2 heterocycles. The van der Waals surface area contributed by atoms with Gasteiger partial charge in [0, 0.05) is 41.3 Å². The van der Waals surface area contributed by atoms with Gasteiger partial charge in [-0.3, -0.25) is 4.98 Å². The molecule has 0 amide bonds. The fourth-order valence-electron chi connectivity index (χ4n) is 4.05. The molecule has 2 aromatic heterocycles. The first kappa shape index (κ1) is 20.1. The lowest BCUT2D eigenvalue weighted by molar-refractivity contribution is 0.566. The molecule has 4 rings (SSSR count). The maximum absolute atomic E-state index is 4.63. The molecule has 4 aromatic rings. The van der Waals surface area contributed by atoms with Crippen molar-refractivity contribution in [2.24, 2.45) is 0 Å². The number of thiophene rings is 1. The van der Waals surface area contributed by atoms with Gasteiger partial charge in [0.25, 0.3) is 0 Å². The molecule has 1 unspecified atom stereocenters. The summed E-state index contributed by atoms with van der Waals surface area (Å²) in [6.45, 7) is 6.83. The molecule has 0 aliphatic carbocycles. The summed E-state index contributed by atoms with van der Waals surface area (Å²) < 4.78 is 0. The third-order valence-corrected chi connectivity index (χ3v) is 6.55. The second-order valence-corrected chi connectivity index (χ2v) is 8.64. The smallest absolute Gasteiger partial charge is 0.0415 e. The molecule has 1 N–H and O–H groups in total. The summed E-state index contributed by atoms with van der Waals surface area (Å²) >= 11 is 1.73. The van der Waals surface area contributed by atoms with Crippen LogP contribution in [0.15, 0.2) is 96.5 Å². The van der Waals surface area contributed by atoms with E-state index in [1.165, 1.54) is 21.2 Å². The van der Waals surface area contributed by atoms with Crippen molar-refractivity contribution in [3.8, 4) is 0 Å². The topological polar surface area (TPSA) is 24.9 Å². The fraction of sp³-hybridized carbons (Fsp3) is 0.148. The van der Waals surface area contributed by atoms with E-state index in [1.54, 1.807) is 11.3 Å². The average Bonchev–Trinajstić information content (AvgIpc) is 3.31. The van der Waals surface area contributed by atoms with Gasteiger partial charge in [0.15, 0.2) is 0 Å². The van der Waals surface area contributed by atoms with Gasteiger partial charge in [-0.15, -0.1) is 11.3 Å². The quantitative estimate of drug-likeness (QED) is 0.328. The van der Waals surface area contributed by atoms with Crippen molar-refractivity contribution in [2.45, 2.75) is 18.8 Å². The standard InChI is InChI=1S/C27H26N2S/c1-20(13-15-23-11-8-18-30-23)27(2,19-22-10-6-7-17-29-22)26-24-12-5-4-9-21(24)14-16-25(26)28-3/h4-18,28H,1,19H2,2-3H3/b15-13+. The van der Waals surface area contributed by atoms with Crippen LogP contribution in [0.2, 0.25) is 0 Å². The zero-order valence-electron chi connectivity index (χ0n) is 17.4. The highest BCUT2D eigenvalue weighted by Gasteiger charge is 2.33. The molecule has 30 heavy (non-hydrogen) atoms. The molecule has 2 nitrogen and oxygen atoms in total. The minimum atomic E-state index is -0.332. The lowest BCUT2D eigenvalue weighted by Crippen LogP contribution is -2.28. The van der Waals surface area contributed by atoms with Crippen LogP contribution in [-0.4, -0.2) is 12.0 Å². The Morgan fingerprint density at radius 1 is 1.07 bits per heavy atom. The predicted octanol–water partition coefficient (Wildman–Crippen LogP) is 7.11. The molecule has 0 spiro atoms. The number of nitrogens with zero attached hydrogens (tertiary/aromatic N) is 1. The molecule has 150 valence electrons. The molecule has 0 aliphatic rings. The van der Waals surface area contributed by atoms with E-state index in [4.69, 9.17) is 0 Å². The maximum Gasteiger partial charge on any atom is 0.0415 e. The Labute approximate surface area is 182 Å². The van der Waals surface area contributed by atoms with E-state index in [0.29, 0.717) is 0 Å². The van der Waals surface area contributed by atoms with Gasteiger partial charge < -0.3 is 5.32 Å². The van der Waals surface area contributed by atoms with Crippen LogP contribution in [0.4, 0.5) is 5.69 Å². The SMILES string of the molecule is C=C(/C=C/c1cccs1)C(C)(Cc1ccccn1)c1c(NC)ccc2ccccc12. The second kappa shape index (κ2) is 8.68. The number of hydrogen-bond donors (Lipinski definition) is 1. The number of pyridine rings is 1. The Balaban J connectivity index is 1.89. The van der Waals surface area contributed by atoms with Gasteiger partial charge in [-0.1, -0.05) is 62.0 Å². The fourth-order valence-corrected chi connectivity index (χ4v) is 4.67. The van der Waals surface area contributed by atoms with Gasteiger partial charge in [-0.2, -0.15) is 0 Å². The number of aromatic nitrogens is 1. The van der Waals surface area contributed by atoms with Crippen molar-refractivity contribution in [3.63, 3.8) is 0 Å². The van der Waals surface area contributed by atoms with Gasteiger partial charge in [0.2, 0.25) is 0 Å². The normalized spacial score (nSPS) is 13.4. The Kier molecular flexibility index (Phi) is 5.82. The summed E-state index contributed by atoms with van der Waals surface area (Å²) in [5.74, 6) is 0. The first-order valence-corrected chi connectivity index (χ1v) is 11.0. The van der Waals surface area contributed by atoms with Crippen LogP contribution in [0.25, 0.3) is 16.8 Å². The predicted molar refractivity (Wildman–Crippen MR) is 131 cm³/mol. The lowest BCUT2D eigenvalue weighted by Gasteiger charge is -2.34. The van der Waals surface area contributed by atoms with Crippen molar-refractivity contribution < 1.29 is 0 Å². The van der Waals surface area contributed by atoms with Gasteiger partial charge in [-0.05, 0) is 57.6 Å². The Bertz CT molecular complexity index is 1180. The number of fused-ring (bicyclic) bond motifs is 1. The molecule has 0 saturated heterocycles. The van der Waals surface area contributed by atoms with Crippen LogP contribution in [0, 0.1) is 0 Å². The van der Waals surface area contributed by atoms with Crippen molar-refractivity contribution in [3.05, 3.63) is 113 Å². The Morgan fingerprint density at radius 3 is 2.63 bits per heavy atom. The number of rotatable bonds is 7. The first-order valence-electron chi connectivity index (χ1n) is 10.1. The number of allylic oxidation sites excluding steroid dienone is 2. The zero-order chi connectivity index (χ0) is 21.0. The van der Waals surface area contributed by atoms with Gasteiger partial charge in [0.1, 0.15) is 0 Å². The van der Waals surface area contributed by atoms with E-state index >= 15 is 0 Å². The highest BCUT2D eigenvalue weighted by molar-refractivity contribution is 7.10. The summed E-state index contributed by atoms with van der Waals surface area (Å²) in [4.78, 5) is 5.86. The molecular formula is C27H26N2S. The van der Waals surface area contributed by atoms with E-state index in [1.807, 2.05) is 19.3 Å². The zero-order valence-corrected chi connectivity index (χ0v) is 18.2. The largest absolute Gasteiger partial charge is 0.388 e. The van der Waals surface area contributed by atoms with E-state index in [0.717, 1.165) is 23.4 Å². The summed E-state index contributed by atoms with van der Waals surface area (Å²) in [7, 11) is 1.99. The highest BCUT2D eigenvalue weighted by Crippen LogP contribution is 2.43. The molecule has 2 aromatic carbocycles. The van der Waals surface area contributed by atoms with E-state index < -0.39 is 0 Å². The third kappa shape index (κ3) is 3.94.